The molecule has 0 radical (unpaired) electrons. The van der Waals surface area contributed by atoms with Gasteiger partial charge in [0.2, 0.25) is 5.91 Å². The van der Waals surface area contributed by atoms with Crippen LogP contribution in [0.3, 0.4) is 0 Å². The van der Waals surface area contributed by atoms with Crippen molar-refractivity contribution in [3.05, 3.63) is 41.5 Å². The summed E-state index contributed by atoms with van der Waals surface area (Å²) in [5.74, 6) is 0.808. The van der Waals surface area contributed by atoms with Gasteiger partial charge in [-0.1, -0.05) is 19.1 Å². The van der Waals surface area contributed by atoms with Crippen LogP contribution in [-0.4, -0.2) is 23.9 Å². The molecule has 0 spiro atoms. The van der Waals surface area contributed by atoms with Crippen LogP contribution in [0.15, 0.2) is 30.3 Å². The van der Waals surface area contributed by atoms with Gasteiger partial charge in [-0.2, -0.15) is 5.26 Å². The highest BCUT2D eigenvalue weighted by molar-refractivity contribution is 5.91. The molecule has 0 unspecified atom stereocenters. The van der Waals surface area contributed by atoms with Crippen LogP contribution in [0.2, 0.25) is 0 Å². The number of hydrogen-bond donors (Lipinski definition) is 0. The normalized spacial score (nSPS) is 16.5. The summed E-state index contributed by atoms with van der Waals surface area (Å²) < 4.78 is 0. The van der Waals surface area contributed by atoms with Crippen molar-refractivity contribution in [2.24, 2.45) is 5.92 Å². The number of rotatable bonds is 2. The third-order valence-corrected chi connectivity index (χ3v) is 3.55. The number of piperidine rings is 1. The van der Waals surface area contributed by atoms with Crippen LogP contribution >= 0.6 is 0 Å². The topological polar surface area (TPSA) is 44.1 Å². The highest BCUT2D eigenvalue weighted by atomic mass is 16.2. The van der Waals surface area contributed by atoms with Crippen molar-refractivity contribution in [2.45, 2.75) is 19.8 Å². The van der Waals surface area contributed by atoms with Crippen LogP contribution in [0.5, 0.6) is 0 Å². The maximum atomic E-state index is 12.0. The first-order valence-corrected chi connectivity index (χ1v) is 6.66. The van der Waals surface area contributed by atoms with Crippen LogP contribution in [-0.2, 0) is 4.79 Å². The molecular weight excluding hydrogens is 236 g/mol. The molecule has 1 aromatic carbocycles. The van der Waals surface area contributed by atoms with Gasteiger partial charge < -0.3 is 4.90 Å². The lowest BCUT2D eigenvalue weighted by Crippen LogP contribution is -2.36. The van der Waals surface area contributed by atoms with Crippen molar-refractivity contribution in [2.75, 3.05) is 13.1 Å². The average Bonchev–Trinajstić information content (AvgIpc) is 2.46. The number of hydrogen-bond acceptors (Lipinski definition) is 2. The summed E-state index contributed by atoms with van der Waals surface area (Å²) in [7, 11) is 0. The van der Waals surface area contributed by atoms with E-state index in [2.05, 4.69) is 13.0 Å². The summed E-state index contributed by atoms with van der Waals surface area (Å²) in [6.45, 7) is 3.95. The van der Waals surface area contributed by atoms with E-state index in [1.807, 2.05) is 23.1 Å². The third-order valence-electron chi connectivity index (χ3n) is 3.55. The largest absolute Gasteiger partial charge is 0.339 e. The van der Waals surface area contributed by atoms with Crippen LogP contribution in [0, 0.1) is 17.2 Å². The van der Waals surface area contributed by atoms with E-state index in [0.29, 0.717) is 5.56 Å². The molecule has 1 saturated heterocycles. The van der Waals surface area contributed by atoms with Gasteiger partial charge in [0.1, 0.15) is 0 Å². The first-order chi connectivity index (χ1) is 9.19. The highest BCUT2D eigenvalue weighted by Crippen LogP contribution is 2.16. The molecule has 0 aliphatic carbocycles. The van der Waals surface area contributed by atoms with Gasteiger partial charge in [-0.15, -0.1) is 0 Å². The van der Waals surface area contributed by atoms with E-state index in [4.69, 9.17) is 5.26 Å². The zero-order valence-corrected chi connectivity index (χ0v) is 11.2. The van der Waals surface area contributed by atoms with Crippen LogP contribution in [0.4, 0.5) is 0 Å². The average molecular weight is 254 g/mol. The molecule has 0 N–H and O–H groups in total. The molecule has 19 heavy (non-hydrogen) atoms. The Kier molecular flexibility index (Phi) is 4.35. The zero-order valence-electron chi connectivity index (χ0n) is 11.2. The monoisotopic (exact) mass is 254 g/mol. The molecule has 1 heterocycles. The first-order valence-electron chi connectivity index (χ1n) is 6.66. The second-order valence-corrected chi connectivity index (χ2v) is 5.07. The zero-order chi connectivity index (χ0) is 13.7. The number of benzene rings is 1. The van der Waals surface area contributed by atoms with E-state index >= 15 is 0 Å². The van der Waals surface area contributed by atoms with Gasteiger partial charge in [-0.3, -0.25) is 4.79 Å². The molecule has 0 aromatic heterocycles. The molecule has 1 aromatic rings. The Morgan fingerprint density at radius 1 is 1.32 bits per heavy atom. The third kappa shape index (κ3) is 3.69. The van der Waals surface area contributed by atoms with Crippen LogP contribution < -0.4 is 0 Å². The second kappa shape index (κ2) is 6.19. The molecule has 0 bridgehead atoms. The molecule has 2 rings (SSSR count). The fraction of sp³-hybridized carbons (Fsp3) is 0.375. The predicted octanol–water partition coefficient (Wildman–Crippen LogP) is 2.83. The Bertz CT molecular complexity index is 503. The van der Waals surface area contributed by atoms with Crippen LogP contribution in [0.1, 0.15) is 30.9 Å². The van der Waals surface area contributed by atoms with Gasteiger partial charge in [0.15, 0.2) is 0 Å². The Labute approximate surface area is 114 Å². The van der Waals surface area contributed by atoms with Gasteiger partial charge in [0.25, 0.3) is 0 Å². The fourth-order valence-electron chi connectivity index (χ4n) is 2.17. The molecule has 1 aliphatic heterocycles. The van der Waals surface area contributed by atoms with E-state index < -0.39 is 0 Å². The van der Waals surface area contributed by atoms with E-state index in [-0.39, 0.29) is 5.91 Å². The highest BCUT2D eigenvalue weighted by Gasteiger charge is 2.18. The van der Waals surface area contributed by atoms with E-state index in [1.165, 1.54) is 0 Å². The van der Waals surface area contributed by atoms with Crippen molar-refractivity contribution in [1.82, 2.24) is 4.90 Å². The minimum absolute atomic E-state index is 0.0799. The molecule has 3 nitrogen and oxygen atoms in total. The number of amides is 1. The molecule has 1 amide bonds. The molecule has 1 fully saturated rings. The van der Waals surface area contributed by atoms with Gasteiger partial charge in [0.05, 0.1) is 11.6 Å². The molecule has 0 atom stereocenters. The van der Waals surface area contributed by atoms with E-state index in [9.17, 15) is 4.79 Å². The van der Waals surface area contributed by atoms with Gasteiger partial charge >= 0.3 is 0 Å². The van der Waals surface area contributed by atoms with Crippen molar-refractivity contribution in [3.8, 4) is 6.07 Å². The van der Waals surface area contributed by atoms with Crippen molar-refractivity contribution in [1.29, 1.82) is 5.26 Å². The van der Waals surface area contributed by atoms with Crippen molar-refractivity contribution in [3.63, 3.8) is 0 Å². The standard InChI is InChI=1S/C16H18N2O/c1-13-8-10-18(11-9-13)16(19)7-6-14-2-4-15(12-17)5-3-14/h2-7,13H,8-11H2,1H3/b7-6+. The molecule has 3 heteroatoms. The number of carbonyl (C=O) groups excluding carboxylic acids is 1. The van der Waals surface area contributed by atoms with Gasteiger partial charge in [-0.05, 0) is 42.5 Å². The fourth-order valence-corrected chi connectivity index (χ4v) is 2.17. The summed E-state index contributed by atoms with van der Waals surface area (Å²) in [4.78, 5) is 13.9. The Morgan fingerprint density at radius 2 is 1.95 bits per heavy atom. The minimum Gasteiger partial charge on any atom is -0.339 e. The maximum absolute atomic E-state index is 12.0. The smallest absolute Gasteiger partial charge is 0.246 e. The van der Waals surface area contributed by atoms with Gasteiger partial charge in [0, 0.05) is 19.2 Å². The summed E-state index contributed by atoms with van der Waals surface area (Å²) in [6.07, 6.45) is 5.62. The Hall–Kier alpha value is -2.08. The van der Waals surface area contributed by atoms with Crippen molar-refractivity contribution < 1.29 is 4.79 Å². The van der Waals surface area contributed by atoms with Crippen LogP contribution in [0.25, 0.3) is 6.08 Å². The minimum atomic E-state index is 0.0799. The quantitative estimate of drug-likeness (QED) is 0.762. The predicted molar refractivity (Wildman–Crippen MR) is 75.2 cm³/mol. The number of carbonyl (C=O) groups is 1. The lowest BCUT2D eigenvalue weighted by atomic mass is 9.99. The second-order valence-electron chi connectivity index (χ2n) is 5.07. The van der Waals surface area contributed by atoms with Gasteiger partial charge in [-0.25, -0.2) is 0 Å². The number of nitriles is 1. The summed E-state index contributed by atoms with van der Waals surface area (Å²) in [5.41, 5.74) is 1.58. The molecule has 1 aliphatic rings. The summed E-state index contributed by atoms with van der Waals surface area (Å²) in [6, 6.07) is 9.28. The summed E-state index contributed by atoms with van der Waals surface area (Å²) in [5, 5.41) is 8.71. The number of nitrogens with zero attached hydrogens (tertiary/aromatic N) is 2. The Morgan fingerprint density at radius 3 is 2.53 bits per heavy atom. The lowest BCUT2D eigenvalue weighted by molar-refractivity contribution is -0.127. The van der Waals surface area contributed by atoms with E-state index in [1.54, 1.807) is 18.2 Å². The first kappa shape index (κ1) is 13.4. The Balaban J connectivity index is 1.94. The molecular formula is C16H18N2O. The van der Waals surface area contributed by atoms with E-state index in [0.717, 1.165) is 37.4 Å². The molecule has 98 valence electrons. The number of likely N-dealkylation sites (tertiary alicyclic amines) is 1. The van der Waals surface area contributed by atoms with Crippen molar-refractivity contribution >= 4 is 12.0 Å². The molecule has 0 saturated carbocycles. The SMILES string of the molecule is CC1CCN(C(=O)/C=C/c2ccc(C#N)cc2)CC1. The maximum Gasteiger partial charge on any atom is 0.246 e. The lowest BCUT2D eigenvalue weighted by Gasteiger charge is -2.29. The summed E-state index contributed by atoms with van der Waals surface area (Å²) >= 11 is 0.